The number of benzene rings is 1. The van der Waals surface area contributed by atoms with Gasteiger partial charge in [0.25, 0.3) is 5.56 Å². The number of aromatic amines is 1. The third-order valence-corrected chi connectivity index (χ3v) is 4.67. The van der Waals surface area contributed by atoms with E-state index in [1.54, 1.807) is 12.1 Å². The Bertz CT molecular complexity index is 832. The fraction of sp³-hybridized carbons (Fsp3) is 0.353. The molecule has 25 heavy (non-hydrogen) atoms. The highest BCUT2D eigenvalue weighted by molar-refractivity contribution is 5.82. The van der Waals surface area contributed by atoms with Crippen molar-refractivity contribution in [2.45, 2.75) is 12.0 Å². The molecule has 1 aliphatic rings. The lowest BCUT2D eigenvalue weighted by Gasteiger charge is -2.25. The lowest BCUT2D eigenvalue weighted by molar-refractivity contribution is 0.292. The van der Waals surface area contributed by atoms with Gasteiger partial charge in [0, 0.05) is 31.3 Å². The van der Waals surface area contributed by atoms with E-state index in [0.29, 0.717) is 19.0 Å². The Morgan fingerprint density at radius 3 is 2.60 bits per heavy atom. The molecule has 132 valence electrons. The molecule has 0 saturated carbocycles. The Balaban J connectivity index is 1.94. The van der Waals surface area contributed by atoms with Crippen molar-refractivity contribution in [3.63, 3.8) is 0 Å². The number of rotatable bonds is 4. The average Bonchev–Trinajstić information content (AvgIpc) is 3.01. The minimum atomic E-state index is -0.427. The molecular weight excluding hydrogens is 323 g/mol. The summed E-state index contributed by atoms with van der Waals surface area (Å²) in [6.45, 7) is 1.28. The van der Waals surface area contributed by atoms with E-state index in [4.69, 9.17) is 11.1 Å². The third kappa shape index (κ3) is 3.25. The maximum Gasteiger partial charge on any atom is 0.263 e. The van der Waals surface area contributed by atoms with Crippen LogP contribution in [0.4, 0.5) is 16.2 Å². The van der Waals surface area contributed by atoms with Crippen molar-refractivity contribution < 1.29 is 4.39 Å². The maximum absolute atomic E-state index is 13.2. The Kier molecular flexibility index (Phi) is 4.54. The second kappa shape index (κ2) is 6.64. The van der Waals surface area contributed by atoms with Crippen LogP contribution in [0.5, 0.6) is 0 Å². The minimum Gasteiger partial charge on any atom is -0.383 e. The summed E-state index contributed by atoms with van der Waals surface area (Å²) in [6, 6.07) is 6.69. The van der Waals surface area contributed by atoms with Gasteiger partial charge in [0.2, 0.25) is 5.95 Å². The van der Waals surface area contributed by atoms with E-state index in [0.717, 1.165) is 11.8 Å². The molecule has 7 nitrogen and oxygen atoms in total. The van der Waals surface area contributed by atoms with Crippen LogP contribution in [0.15, 0.2) is 29.1 Å². The smallest absolute Gasteiger partial charge is 0.263 e. The molecule has 1 aromatic heterocycles. The van der Waals surface area contributed by atoms with Crippen LogP contribution in [0.25, 0.3) is 0 Å². The molecule has 2 heterocycles. The van der Waals surface area contributed by atoms with Crippen molar-refractivity contribution in [1.82, 2.24) is 14.9 Å². The van der Waals surface area contributed by atoms with Crippen molar-refractivity contribution in [3.05, 3.63) is 51.6 Å². The van der Waals surface area contributed by atoms with Crippen molar-refractivity contribution in [2.24, 2.45) is 0 Å². The molecule has 8 heteroatoms. The quantitative estimate of drug-likeness (QED) is 0.719. The van der Waals surface area contributed by atoms with E-state index >= 15 is 0 Å². The van der Waals surface area contributed by atoms with Crippen LogP contribution in [-0.2, 0) is 0 Å². The van der Waals surface area contributed by atoms with Crippen LogP contribution in [0.1, 0.15) is 17.0 Å². The molecule has 3 rings (SSSR count). The molecule has 0 radical (unpaired) electrons. The second-order valence-electron chi connectivity index (χ2n) is 6.43. The fourth-order valence-corrected chi connectivity index (χ4v) is 3.30. The number of aromatic nitrogens is 2. The third-order valence-electron chi connectivity index (χ3n) is 4.67. The van der Waals surface area contributed by atoms with Gasteiger partial charge in [0.05, 0.1) is 5.56 Å². The molecule has 0 unspecified atom stereocenters. The van der Waals surface area contributed by atoms with Crippen molar-refractivity contribution in [3.8, 4) is 0 Å². The minimum absolute atomic E-state index is 0.0420. The number of nitrogen functional groups attached to an aromatic ring is 1. The molecule has 0 amide bonds. The van der Waals surface area contributed by atoms with E-state index in [-0.39, 0.29) is 29.2 Å². The highest BCUT2D eigenvalue weighted by atomic mass is 19.1. The summed E-state index contributed by atoms with van der Waals surface area (Å²) in [5.41, 5.74) is 6.46. The van der Waals surface area contributed by atoms with Gasteiger partial charge in [-0.15, -0.1) is 0 Å². The largest absolute Gasteiger partial charge is 0.383 e. The number of nitrogens with two attached hydrogens (primary N) is 1. The molecule has 0 bridgehead atoms. The number of halogens is 1. The zero-order valence-electron chi connectivity index (χ0n) is 14.2. The number of nitrogens with one attached hydrogen (secondary N) is 2. The summed E-state index contributed by atoms with van der Waals surface area (Å²) in [6.07, 6.45) is 0.902. The monoisotopic (exact) mass is 344 g/mol. The van der Waals surface area contributed by atoms with Gasteiger partial charge in [-0.3, -0.25) is 9.78 Å². The standard InChI is InChI=1S/C17H21FN6O/c1-23(2)14-9-24(8-13(14)10-3-5-11(18)6-4-10)17-21-15(20)12(7-19)16(25)22-17/h3-7,13-14,19H,8-9H2,1-2H3,(H3,20,21,22,25)/t13-,14+/m0/s1. The Hall–Kier alpha value is -2.74. The van der Waals surface area contributed by atoms with E-state index < -0.39 is 5.56 Å². The van der Waals surface area contributed by atoms with Crippen LogP contribution in [0, 0.1) is 11.2 Å². The molecule has 1 saturated heterocycles. The summed E-state index contributed by atoms with van der Waals surface area (Å²) in [5, 5.41) is 7.24. The van der Waals surface area contributed by atoms with Gasteiger partial charge in [0.15, 0.2) is 0 Å². The number of anilines is 2. The summed E-state index contributed by atoms with van der Waals surface area (Å²) in [7, 11) is 3.99. The van der Waals surface area contributed by atoms with E-state index in [2.05, 4.69) is 14.9 Å². The van der Waals surface area contributed by atoms with Crippen LogP contribution in [0.2, 0.25) is 0 Å². The molecule has 1 aromatic carbocycles. The number of nitrogens with zero attached hydrogens (tertiary/aromatic N) is 3. The van der Waals surface area contributed by atoms with Crippen LogP contribution >= 0.6 is 0 Å². The summed E-state index contributed by atoms with van der Waals surface area (Å²) in [5.74, 6) is 0.315. The molecule has 4 N–H and O–H groups in total. The first kappa shape index (κ1) is 17.1. The highest BCUT2D eigenvalue weighted by Gasteiger charge is 2.36. The highest BCUT2D eigenvalue weighted by Crippen LogP contribution is 2.32. The van der Waals surface area contributed by atoms with E-state index in [1.807, 2.05) is 19.0 Å². The number of H-pyrrole nitrogens is 1. The first-order chi connectivity index (χ1) is 11.9. The van der Waals surface area contributed by atoms with Gasteiger partial charge in [0.1, 0.15) is 11.6 Å². The summed E-state index contributed by atoms with van der Waals surface area (Å²) >= 11 is 0. The number of hydrogen-bond acceptors (Lipinski definition) is 6. The maximum atomic E-state index is 13.2. The molecular formula is C17H21FN6O. The molecule has 2 atom stereocenters. The second-order valence-corrected chi connectivity index (χ2v) is 6.43. The van der Waals surface area contributed by atoms with Gasteiger partial charge in [-0.1, -0.05) is 12.1 Å². The Morgan fingerprint density at radius 1 is 1.36 bits per heavy atom. The van der Waals surface area contributed by atoms with Gasteiger partial charge in [-0.2, -0.15) is 4.98 Å². The Labute approximate surface area is 144 Å². The van der Waals surface area contributed by atoms with Gasteiger partial charge in [-0.05, 0) is 31.8 Å². The molecule has 0 aliphatic carbocycles. The first-order valence-corrected chi connectivity index (χ1v) is 7.97. The normalized spacial score (nSPS) is 20.2. The lowest BCUT2D eigenvalue weighted by atomic mass is 9.94. The van der Waals surface area contributed by atoms with Crippen LogP contribution in [0.3, 0.4) is 0 Å². The van der Waals surface area contributed by atoms with Gasteiger partial charge in [-0.25, -0.2) is 4.39 Å². The lowest BCUT2D eigenvalue weighted by Crippen LogP contribution is -2.35. The van der Waals surface area contributed by atoms with Crippen molar-refractivity contribution >= 4 is 18.0 Å². The van der Waals surface area contributed by atoms with Crippen molar-refractivity contribution in [2.75, 3.05) is 37.8 Å². The summed E-state index contributed by atoms with van der Waals surface area (Å²) in [4.78, 5) is 23.1. The zero-order valence-corrected chi connectivity index (χ0v) is 14.2. The van der Waals surface area contributed by atoms with Crippen molar-refractivity contribution in [1.29, 1.82) is 5.41 Å². The van der Waals surface area contributed by atoms with E-state index in [9.17, 15) is 9.18 Å². The van der Waals surface area contributed by atoms with Crippen LogP contribution < -0.4 is 16.2 Å². The molecule has 1 aliphatic heterocycles. The summed E-state index contributed by atoms with van der Waals surface area (Å²) < 4.78 is 13.2. The van der Waals surface area contributed by atoms with E-state index in [1.165, 1.54) is 12.1 Å². The zero-order chi connectivity index (χ0) is 18.1. The SMILES string of the molecule is CN(C)[C@@H]1CN(c2nc(N)c(C=N)c(=O)[nH]2)C[C@H]1c1ccc(F)cc1. The number of hydrogen-bond donors (Lipinski definition) is 3. The molecule has 0 spiro atoms. The van der Waals surface area contributed by atoms with Crippen LogP contribution in [-0.4, -0.2) is 54.3 Å². The number of likely N-dealkylation sites (N-methyl/N-ethyl adjacent to an activating group) is 1. The molecule has 2 aromatic rings. The Morgan fingerprint density at radius 2 is 2.04 bits per heavy atom. The first-order valence-electron chi connectivity index (χ1n) is 7.97. The fourth-order valence-electron chi connectivity index (χ4n) is 3.30. The predicted octanol–water partition coefficient (Wildman–Crippen LogP) is 1.02. The van der Waals surface area contributed by atoms with Gasteiger partial charge < -0.3 is 20.9 Å². The predicted molar refractivity (Wildman–Crippen MR) is 96.0 cm³/mol. The van der Waals surface area contributed by atoms with Gasteiger partial charge >= 0.3 is 0 Å². The average molecular weight is 344 g/mol. The molecule has 1 fully saturated rings. The topological polar surface area (TPSA) is 102 Å².